The number of halogens is 1. The highest BCUT2D eigenvalue weighted by atomic mass is 19.1. The summed E-state index contributed by atoms with van der Waals surface area (Å²) in [6.45, 7) is 4.09. The summed E-state index contributed by atoms with van der Waals surface area (Å²) in [5.74, 6) is 1.38. The smallest absolute Gasteiger partial charge is 0.227 e. The molecule has 3 rings (SSSR count). The quantitative estimate of drug-likeness (QED) is 0.855. The summed E-state index contributed by atoms with van der Waals surface area (Å²) in [7, 11) is 2.19. The average molecular weight is 318 g/mol. The number of rotatable bonds is 3. The van der Waals surface area contributed by atoms with E-state index in [1.165, 1.54) is 32.0 Å². The molecule has 1 aromatic rings. The Bertz CT molecular complexity index is 532. The standard InChI is InChI=1S/C19H27FN2O/c1-21-10-6-15(7-11-21)16-8-12-22(13-9-16)19(23)14-17-4-2-3-5-18(17)20/h2-5,15-16H,6-14H2,1H3. The minimum absolute atomic E-state index is 0.0666. The first-order valence-electron chi connectivity index (χ1n) is 8.83. The normalized spacial score (nSPS) is 21.6. The van der Waals surface area contributed by atoms with Crippen LogP contribution in [0.15, 0.2) is 24.3 Å². The molecule has 2 aliphatic heterocycles. The second-order valence-electron chi connectivity index (χ2n) is 7.13. The Hall–Kier alpha value is -1.42. The maximum absolute atomic E-state index is 13.7. The topological polar surface area (TPSA) is 23.6 Å². The van der Waals surface area contributed by atoms with Crippen LogP contribution in [-0.4, -0.2) is 48.9 Å². The van der Waals surface area contributed by atoms with Crippen molar-refractivity contribution >= 4 is 5.91 Å². The summed E-state index contributed by atoms with van der Waals surface area (Å²) < 4.78 is 13.7. The van der Waals surface area contributed by atoms with E-state index in [4.69, 9.17) is 0 Å². The maximum atomic E-state index is 13.7. The lowest BCUT2D eigenvalue weighted by Gasteiger charge is -2.39. The Morgan fingerprint density at radius 2 is 1.61 bits per heavy atom. The van der Waals surface area contributed by atoms with Crippen LogP contribution >= 0.6 is 0 Å². The fourth-order valence-corrected chi connectivity index (χ4v) is 4.04. The van der Waals surface area contributed by atoms with Gasteiger partial charge in [-0.15, -0.1) is 0 Å². The van der Waals surface area contributed by atoms with Gasteiger partial charge in [0.25, 0.3) is 0 Å². The van der Waals surface area contributed by atoms with Crippen molar-refractivity contribution in [2.75, 3.05) is 33.2 Å². The van der Waals surface area contributed by atoms with Gasteiger partial charge in [0, 0.05) is 13.1 Å². The molecule has 2 heterocycles. The van der Waals surface area contributed by atoms with E-state index in [9.17, 15) is 9.18 Å². The molecule has 0 N–H and O–H groups in total. The second-order valence-corrected chi connectivity index (χ2v) is 7.13. The zero-order valence-electron chi connectivity index (χ0n) is 14.0. The zero-order chi connectivity index (χ0) is 16.2. The van der Waals surface area contributed by atoms with E-state index >= 15 is 0 Å². The van der Waals surface area contributed by atoms with Gasteiger partial charge >= 0.3 is 0 Å². The zero-order valence-corrected chi connectivity index (χ0v) is 14.0. The van der Waals surface area contributed by atoms with Gasteiger partial charge in [0.1, 0.15) is 5.82 Å². The van der Waals surface area contributed by atoms with Crippen molar-refractivity contribution in [3.63, 3.8) is 0 Å². The summed E-state index contributed by atoms with van der Waals surface area (Å²) in [6.07, 6.45) is 5.00. The molecule has 0 bridgehead atoms. The molecule has 0 unspecified atom stereocenters. The predicted octanol–water partition coefficient (Wildman–Crippen LogP) is 2.95. The lowest BCUT2D eigenvalue weighted by atomic mass is 9.79. The van der Waals surface area contributed by atoms with Crippen LogP contribution in [0.5, 0.6) is 0 Å². The lowest BCUT2D eigenvalue weighted by Crippen LogP contribution is -2.42. The SMILES string of the molecule is CN1CCC(C2CCN(C(=O)Cc3ccccc3F)CC2)CC1. The molecule has 2 aliphatic rings. The van der Waals surface area contributed by atoms with Crippen molar-refractivity contribution in [2.45, 2.75) is 32.1 Å². The highest BCUT2D eigenvalue weighted by Gasteiger charge is 2.30. The summed E-state index contributed by atoms with van der Waals surface area (Å²) in [5.41, 5.74) is 0.509. The molecule has 1 aromatic carbocycles. The molecule has 2 saturated heterocycles. The molecule has 0 radical (unpaired) electrons. The van der Waals surface area contributed by atoms with Gasteiger partial charge in [-0.25, -0.2) is 4.39 Å². The van der Waals surface area contributed by atoms with E-state index < -0.39 is 0 Å². The molecule has 0 aliphatic carbocycles. The molecule has 0 atom stereocenters. The van der Waals surface area contributed by atoms with Gasteiger partial charge in [0.05, 0.1) is 6.42 Å². The summed E-state index contributed by atoms with van der Waals surface area (Å²) in [4.78, 5) is 16.7. The molecular weight excluding hydrogens is 291 g/mol. The number of carbonyl (C=O) groups excluding carboxylic acids is 1. The third-order valence-electron chi connectivity index (χ3n) is 5.62. The number of nitrogens with zero attached hydrogens (tertiary/aromatic N) is 2. The van der Waals surface area contributed by atoms with Gasteiger partial charge in [0.2, 0.25) is 5.91 Å². The summed E-state index contributed by atoms with van der Waals surface area (Å²) in [5, 5.41) is 0. The van der Waals surface area contributed by atoms with Gasteiger partial charge in [-0.2, -0.15) is 0 Å². The monoisotopic (exact) mass is 318 g/mol. The molecule has 0 saturated carbocycles. The van der Waals surface area contributed by atoms with Crippen LogP contribution in [0, 0.1) is 17.7 Å². The van der Waals surface area contributed by atoms with Crippen LogP contribution in [0.4, 0.5) is 4.39 Å². The number of piperidine rings is 2. The highest BCUT2D eigenvalue weighted by Crippen LogP contribution is 2.32. The van der Waals surface area contributed by atoms with Crippen molar-refractivity contribution in [3.8, 4) is 0 Å². The Morgan fingerprint density at radius 1 is 1.04 bits per heavy atom. The number of hydrogen-bond acceptors (Lipinski definition) is 2. The second kappa shape index (κ2) is 7.43. The van der Waals surface area contributed by atoms with Gasteiger partial charge < -0.3 is 9.80 Å². The Morgan fingerprint density at radius 3 is 2.22 bits per heavy atom. The van der Waals surface area contributed by atoms with Crippen LogP contribution in [0.25, 0.3) is 0 Å². The van der Waals surface area contributed by atoms with Crippen LogP contribution in [0.1, 0.15) is 31.2 Å². The van der Waals surface area contributed by atoms with Crippen molar-refractivity contribution in [2.24, 2.45) is 11.8 Å². The Balaban J connectivity index is 1.49. The fraction of sp³-hybridized carbons (Fsp3) is 0.632. The van der Waals surface area contributed by atoms with Crippen LogP contribution < -0.4 is 0 Å². The largest absolute Gasteiger partial charge is 0.342 e. The van der Waals surface area contributed by atoms with Gasteiger partial charge in [-0.1, -0.05) is 18.2 Å². The van der Waals surface area contributed by atoms with E-state index in [0.717, 1.165) is 37.8 Å². The summed E-state index contributed by atoms with van der Waals surface area (Å²) >= 11 is 0. The number of amides is 1. The van der Waals surface area contributed by atoms with E-state index in [-0.39, 0.29) is 18.1 Å². The fourth-order valence-electron chi connectivity index (χ4n) is 4.04. The third kappa shape index (κ3) is 4.11. The minimum atomic E-state index is -0.276. The molecule has 4 heteroatoms. The minimum Gasteiger partial charge on any atom is -0.342 e. The Labute approximate surface area is 138 Å². The van der Waals surface area contributed by atoms with Crippen LogP contribution in [0.3, 0.4) is 0 Å². The molecule has 0 spiro atoms. The highest BCUT2D eigenvalue weighted by molar-refractivity contribution is 5.78. The molecule has 23 heavy (non-hydrogen) atoms. The average Bonchev–Trinajstić information content (AvgIpc) is 2.58. The van der Waals surface area contributed by atoms with Gasteiger partial charge in [-0.05, 0) is 69.3 Å². The Kier molecular flexibility index (Phi) is 5.31. The van der Waals surface area contributed by atoms with Gasteiger partial charge in [-0.3, -0.25) is 4.79 Å². The van der Waals surface area contributed by atoms with Crippen molar-refractivity contribution in [1.82, 2.24) is 9.80 Å². The lowest BCUT2D eigenvalue weighted by molar-refractivity contribution is -0.132. The van der Waals surface area contributed by atoms with E-state index in [1.54, 1.807) is 18.2 Å². The number of benzene rings is 1. The maximum Gasteiger partial charge on any atom is 0.227 e. The van der Waals surface area contributed by atoms with Crippen LogP contribution in [0.2, 0.25) is 0 Å². The molecule has 3 nitrogen and oxygen atoms in total. The van der Waals surface area contributed by atoms with E-state index in [2.05, 4.69) is 11.9 Å². The first kappa shape index (κ1) is 16.4. The molecular formula is C19H27FN2O. The van der Waals surface area contributed by atoms with Crippen LogP contribution in [-0.2, 0) is 11.2 Å². The number of hydrogen-bond donors (Lipinski definition) is 0. The number of likely N-dealkylation sites (tertiary alicyclic amines) is 2. The molecule has 2 fully saturated rings. The molecule has 0 aromatic heterocycles. The molecule has 1 amide bonds. The first-order valence-corrected chi connectivity index (χ1v) is 8.83. The predicted molar refractivity (Wildman–Crippen MR) is 89.6 cm³/mol. The van der Waals surface area contributed by atoms with Crippen molar-refractivity contribution in [3.05, 3.63) is 35.6 Å². The van der Waals surface area contributed by atoms with E-state index in [0.29, 0.717) is 5.56 Å². The van der Waals surface area contributed by atoms with Crippen molar-refractivity contribution in [1.29, 1.82) is 0 Å². The molecule has 126 valence electrons. The third-order valence-corrected chi connectivity index (χ3v) is 5.62. The van der Waals surface area contributed by atoms with Crippen molar-refractivity contribution < 1.29 is 9.18 Å². The van der Waals surface area contributed by atoms with Gasteiger partial charge in [0.15, 0.2) is 0 Å². The summed E-state index contributed by atoms with van der Waals surface area (Å²) in [6, 6.07) is 6.59. The number of carbonyl (C=O) groups is 1. The van der Waals surface area contributed by atoms with E-state index in [1.807, 2.05) is 4.90 Å². The first-order chi connectivity index (χ1) is 11.1.